The summed E-state index contributed by atoms with van der Waals surface area (Å²) in [6.07, 6.45) is 6.46. The van der Waals surface area contributed by atoms with Crippen LogP contribution in [0.2, 0.25) is 0 Å². The largest absolute Gasteiger partial charge is 0.493 e. The van der Waals surface area contributed by atoms with Crippen molar-refractivity contribution in [1.29, 1.82) is 0 Å². The van der Waals surface area contributed by atoms with Crippen LogP contribution in [0.25, 0.3) is 0 Å². The van der Waals surface area contributed by atoms with E-state index in [4.69, 9.17) is 14.6 Å². The van der Waals surface area contributed by atoms with Crippen molar-refractivity contribution in [2.45, 2.75) is 13.0 Å². The first kappa shape index (κ1) is 20.9. The normalized spacial score (nSPS) is 25.2. The quantitative estimate of drug-likeness (QED) is 0.398. The predicted molar refractivity (Wildman–Crippen MR) is 118 cm³/mol. The third-order valence-corrected chi connectivity index (χ3v) is 6.55. The molecule has 1 saturated carbocycles. The summed E-state index contributed by atoms with van der Waals surface area (Å²) >= 11 is 0. The molecular weight excluding hydrogens is 424 g/mol. The van der Waals surface area contributed by atoms with Crippen LogP contribution in [0.1, 0.15) is 27.9 Å². The number of allylic oxidation sites excluding steroid dienone is 2. The second-order valence-electron chi connectivity index (χ2n) is 8.43. The standard InChI is InChI=1S/C25H22N2O6/c1-32-20-10-15(4-9-19(20)33-13-14-2-5-16(6-3-14)25(30)31)12-26-27-23(28)21-17-7-8-18(11-17)22(21)24(27)29/h2-10,12,17-18,21-22H,11,13H2,1H3,(H,30,31)/t17-,18-,21-,22+/m0/s1. The van der Waals surface area contributed by atoms with Crippen molar-refractivity contribution in [2.75, 3.05) is 7.11 Å². The molecule has 1 N–H and O–H groups in total. The van der Waals surface area contributed by atoms with E-state index in [9.17, 15) is 14.4 Å². The van der Waals surface area contributed by atoms with Gasteiger partial charge in [-0.2, -0.15) is 10.1 Å². The molecule has 0 spiro atoms. The molecule has 2 bridgehead atoms. The number of imide groups is 1. The molecule has 33 heavy (non-hydrogen) atoms. The smallest absolute Gasteiger partial charge is 0.335 e. The van der Waals surface area contributed by atoms with Gasteiger partial charge < -0.3 is 14.6 Å². The molecule has 1 saturated heterocycles. The van der Waals surface area contributed by atoms with Crippen LogP contribution in [0.15, 0.2) is 59.7 Å². The van der Waals surface area contributed by atoms with Crippen molar-refractivity contribution in [3.63, 3.8) is 0 Å². The van der Waals surface area contributed by atoms with Gasteiger partial charge in [-0.15, -0.1) is 0 Å². The number of fused-ring (bicyclic) bond motifs is 5. The van der Waals surface area contributed by atoms with E-state index in [1.54, 1.807) is 30.3 Å². The Bertz CT molecular complexity index is 1160. The molecule has 2 fully saturated rings. The molecule has 168 valence electrons. The molecule has 1 heterocycles. The van der Waals surface area contributed by atoms with Gasteiger partial charge in [-0.25, -0.2) is 4.79 Å². The number of hydrogen-bond acceptors (Lipinski definition) is 6. The van der Waals surface area contributed by atoms with Gasteiger partial charge >= 0.3 is 5.97 Å². The number of carboxylic acid groups (broad SMARTS) is 1. The number of aromatic carboxylic acids is 1. The first-order valence-electron chi connectivity index (χ1n) is 10.7. The lowest BCUT2D eigenvalue weighted by atomic mass is 9.85. The highest BCUT2D eigenvalue weighted by molar-refractivity contribution is 6.06. The van der Waals surface area contributed by atoms with Crippen LogP contribution in [-0.4, -0.2) is 41.2 Å². The average Bonchev–Trinajstić information content (AvgIpc) is 3.51. The molecule has 5 rings (SSSR count). The number of methoxy groups -OCH3 is 1. The maximum absolute atomic E-state index is 12.7. The van der Waals surface area contributed by atoms with Crippen LogP contribution in [0.5, 0.6) is 11.5 Å². The topological polar surface area (TPSA) is 106 Å². The van der Waals surface area contributed by atoms with Crippen molar-refractivity contribution >= 4 is 24.0 Å². The first-order valence-corrected chi connectivity index (χ1v) is 10.7. The molecule has 2 aromatic rings. The fourth-order valence-electron chi connectivity index (χ4n) is 4.91. The van der Waals surface area contributed by atoms with E-state index in [-0.39, 0.29) is 47.7 Å². The second-order valence-corrected chi connectivity index (χ2v) is 8.43. The molecule has 8 heteroatoms. The summed E-state index contributed by atoms with van der Waals surface area (Å²) in [5.74, 6) is -0.716. The molecule has 2 aliphatic carbocycles. The van der Waals surface area contributed by atoms with E-state index >= 15 is 0 Å². The average molecular weight is 446 g/mol. The zero-order chi connectivity index (χ0) is 23.1. The summed E-state index contributed by atoms with van der Waals surface area (Å²) < 4.78 is 11.2. The number of carboxylic acids is 1. The lowest BCUT2D eigenvalue weighted by Crippen LogP contribution is -2.28. The Morgan fingerprint density at radius 3 is 2.33 bits per heavy atom. The highest BCUT2D eigenvalue weighted by Crippen LogP contribution is 2.52. The minimum Gasteiger partial charge on any atom is -0.493 e. The van der Waals surface area contributed by atoms with E-state index < -0.39 is 5.97 Å². The van der Waals surface area contributed by atoms with Crippen molar-refractivity contribution < 1.29 is 29.0 Å². The van der Waals surface area contributed by atoms with Gasteiger partial charge in [0, 0.05) is 0 Å². The number of benzene rings is 2. The van der Waals surface area contributed by atoms with E-state index in [1.165, 1.54) is 25.5 Å². The van der Waals surface area contributed by atoms with Gasteiger partial charge in [-0.05, 0) is 59.7 Å². The monoisotopic (exact) mass is 446 g/mol. The molecule has 4 atom stereocenters. The number of ether oxygens (including phenoxy) is 2. The first-order chi connectivity index (χ1) is 16.0. The van der Waals surface area contributed by atoms with Gasteiger partial charge in [-0.3, -0.25) is 9.59 Å². The van der Waals surface area contributed by atoms with Gasteiger partial charge in [0.15, 0.2) is 11.5 Å². The third kappa shape index (κ3) is 3.67. The Kier molecular flexibility index (Phi) is 5.20. The molecule has 3 aliphatic rings. The number of nitrogens with zero attached hydrogens (tertiary/aromatic N) is 2. The lowest BCUT2D eigenvalue weighted by Gasteiger charge is -2.13. The number of carbonyl (C=O) groups is 3. The van der Waals surface area contributed by atoms with E-state index in [2.05, 4.69) is 5.10 Å². The van der Waals surface area contributed by atoms with Crippen molar-refractivity contribution in [3.05, 3.63) is 71.3 Å². The van der Waals surface area contributed by atoms with Crippen LogP contribution >= 0.6 is 0 Å². The van der Waals surface area contributed by atoms with Gasteiger partial charge in [0.05, 0.1) is 30.7 Å². The minimum atomic E-state index is -0.981. The molecule has 1 aliphatic heterocycles. The Morgan fingerprint density at radius 2 is 1.73 bits per heavy atom. The predicted octanol–water partition coefficient (Wildman–Crippen LogP) is 3.11. The maximum Gasteiger partial charge on any atom is 0.335 e. The summed E-state index contributed by atoms with van der Waals surface area (Å²) in [7, 11) is 1.52. The maximum atomic E-state index is 12.7. The Balaban J connectivity index is 1.26. The molecule has 0 unspecified atom stereocenters. The highest BCUT2D eigenvalue weighted by atomic mass is 16.5. The Labute approximate surface area is 190 Å². The number of carbonyl (C=O) groups excluding carboxylic acids is 2. The lowest BCUT2D eigenvalue weighted by molar-refractivity contribution is -0.140. The van der Waals surface area contributed by atoms with Gasteiger partial charge in [0.1, 0.15) is 6.61 Å². The molecule has 0 radical (unpaired) electrons. The zero-order valence-corrected chi connectivity index (χ0v) is 17.9. The third-order valence-electron chi connectivity index (χ3n) is 6.55. The molecule has 2 aromatic carbocycles. The van der Waals surface area contributed by atoms with Gasteiger partial charge in [0.25, 0.3) is 11.8 Å². The second kappa shape index (κ2) is 8.20. The van der Waals surface area contributed by atoms with E-state index in [0.717, 1.165) is 17.0 Å². The summed E-state index contributed by atoms with van der Waals surface area (Å²) in [6.45, 7) is 0.236. The van der Waals surface area contributed by atoms with E-state index in [1.807, 2.05) is 12.2 Å². The van der Waals surface area contributed by atoms with E-state index in [0.29, 0.717) is 17.1 Å². The zero-order valence-electron chi connectivity index (χ0n) is 17.9. The van der Waals surface area contributed by atoms with Crippen LogP contribution in [-0.2, 0) is 16.2 Å². The summed E-state index contributed by atoms with van der Waals surface area (Å²) in [6, 6.07) is 11.6. The Morgan fingerprint density at radius 1 is 1.06 bits per heavy atom. The van der Waals surface area contributed by atoms with Crippen LogP contribution in [0.4, 0.5) is 0 Å². The number of hydrazone groups is 1. The number of hydrogen-bond donors (Lipinski definition) is 1. The van der Waals surface area contributed by atoms with Gasteiger partial charge in [0.2, 0.25) is 0 Å². The van der Waals surface area contributed by atoms with Crippen LogP contribution in [0.3, 0.4) is 0 Å². The summed E-state index contributed by atoms with van der Waals surface area (Å²) in [5.41, 5.74) is 1.68. The summed E-state index contributed by atoms with van der Waals surface area (Å²) in [4.78, 5) is 36.4. The highest BCUT2D eigenvalue weighted by Gasteiger charge is 2.59. The van der Waals surface area contributed by atoms with Crippen molar-refractivity contribution in [3.8, 4) is 11.5 Å². The van der Waals surface area contributed by atoms with Crippen molar-refractivity contribution in [2.24, 2.45) is 28.8 Å². The molecule has 2 amide bonds. The number of rotatable bonds is 7. The SMILES string of the molecule is COc1cc(C=NN2C(=O)[C@@H]3[C@H](C2=O)[C@H]2C=C[C@H]3C2)ccc1OCc1ccc(C(=O)O)cc1. The fourth-order valence-corrected chi connectivity index (χ4v) is 4.91. The van der Waals surface area contributed by atoms with Crippen molar-refractivity contribution in [1.82, 2.24) is 5.01 Å². The van der Waals surface area contributed by atoms with Crippen LogP contribution in [0, 0.1) is 23.7 Å². The molecular formula is C25H22N2O6. The molecule has 8 nitrogen and oxygen atoms in total. The number of amides is 2. The van der Waals surface area contributed by atoms with Crippen LogP contribution < -0.4 is 9.47 Å². The Hall–Kier alpha value is -3.94. The van der Waals surface area contributed by atoms with Gasteiger partial charge in [-0.1, -0.05) is 24.3 Å². The summed E-state index contributed by atoms with van der Waals surface area (Å²) in [5, 5.41) is 14.2. The minimum absolute atomic E-state index is 0.147. The molecule has 0 aromatic heterocycles. The fraction of sp³-hybridized carbons (Fsp3) is 0.280.